The third kappa shape index (κ3) is 2.74. The first-order valence-corrected chi connectivity index (χ1v) is 5.29. The normalized spacial score (nSPS) is 11.9. The standard InChI is InChI=1S/C11H13Cl2N/c1-2-8(5-6-14)9-3-4-10(12)11(13)7-9/h3-5,7H,2,6,14H2,1H3/b8-5-. The Hall–Kier alpha value is -0.500. The molecule has 0 saturated heterocycles. The molecule has 0 aromatic heterocycles. The molecule has 1 rings (SSSR count). The van der Waals surface area contributed by atoms with Crippen molar-refractivity contribution in [1.29, 1.82) is 0 Å². The van der Waals surface area contributed by atoms with Crippen molar-refractivity contribution in [3.63, 3.8) is 0 Å². The second kappa shape index (κ2) is 5.40. The molecule has 0 aliphatic rings. The van der Waals surface area contributed by atoms with Crippen molar-refractivity contribution in [1.82, 2.24) is 0 Å². The summed E-state index contributed by atoms with van der Waals surface area (Å²) in [7, 11) is 0. The molecule has 0 saturated carbocycles. The Bertz CT molecular complexity index is 345. The molecule has 0 bridgehead atoms. The second-order valence-electron chi connectivity index (χ2n) is 2.95. The number of allylic oxidation sites excluding steroid dienone is 1. The van der Waals surface area contributed by atoms with Gasteiger partial charge in [-0.3, -0.25) is 0 Å². The predicted molar refractivity (Wildman–Crippen MR) is 63.8 cm³/mol. The van der Waals surface area contributed by atoms with Gasteiger partial charge >= 0.3 is 0 Å². The molecule has 2 N–H and O–H groups in total. The van der Waals surface area contributed by atoms with Gasteiger partial charge in [0.05, 0.1) is 10.0 Å². The maximum Gasteiger partial charge on any atom is 0.0598 e. The molecule has 0 aliphatic carbocycles. The van der Waals surface area contributed by atoms with Crippen molar-refractivity contribution in [2.75, 3.05) is 6.54 Å². The summed E-state index contributed by atoms with van der Waals surface area (Å²) in [4.78, 5) is 0. The van der Waals surface area contributed by atoms with E-state index in [9.17, 15) is 0 Å². The molecular formula is C11H13Cl2N. The van der Waals surface area contributed by atoms with Gasteiger partial charge in [0.15, 0.2) is 0 Å². The van der Waals surface area contributed by atoms with Crippen LogP contribution in [0.15, 0.2) is 24.3 Å². The van der Waals surface area contributed by atoms with E-state index in [4.69, 9.17) is 28.9 Å². The van der Waals surface area contributed by atoms with Gasteiger partial charge in [-0.05, 0) is 29.7 Å². The molecule has 3 heteroatoms. The Kier molecular flexibility index (Phi) is 4.46. The van der Waals surface area contributed by atoms with E-state index >= 15 is 0 Å². The molecule has 0 fully saturated rings. The largest absolute Gasteiger partial charge is 0.327 e. The minimum absolute atomic E-state index is 0.545. The highest BCUT2D eigenvalue weighted by Crippen LogP contribution is 2.27. The minimum Gasteiger partial charge on any atom is -0.327 e. The van der Waals surface area contributed by atoms with Gasteiger partial charge in [-0.15, -0.1) is 0 Å². The first kappa shape index (κ1) is 11.6. The van der Waals surface area contributed by atoms with E-state index in [0.29, 0.717) is 16.6 Å². The van der Waals surface area contributed by atoms with E-state index in [1.54, 1.807) is 6.07 Å². The van der Waals surface area contributed by atoms with Crippen LogP contribution in [0.25, 0.3) is 5.57 Å². The quantitative estimate of drug-likeness (QED) is 0.840. The summed E-state index contributed by atoms with van der Waals surface area (Å²) in [6.07, 6.45) is 2.94. The van der Waals surface area contributed by atoms with Crippen LogP contribution in [0.5, 0.6) is 0 Å². The monoisotopic (exact) mass is 229 g/mol. The molecule has 0 spiro atoms. The number of rotatable bonds is 3. The van der Waals surface area contributed by atoms with E-state index in [0.717, 1.165) is 12.0 Å². The van der Waals surface area contributed by atoms with Crippen molar-refractivity contribution < 1.29 is 0 Å². The molecular weight excluding hydrogens is 217 g/mol. The van der Waals surface area contributed by atoms with Crippen LogP contribution >= 0.6 is 23.2 Å². The molecule has 0 heterocycles. The van der Waals surface area contributed by atoms with Crippen LogP contribution in [0.2, 0.25) is 10.0 Å². The van der Waals surface area contributed by atoms with E-state index in [2.05, 4.69) is 6.92 Å². The van der Waals surface area contributed by atoms with Crippen molar-refractivity contribution in [2.24, 2.45) is 5.73 Å². The first-order chi connectivity index (χ1) is 6.69. The van der Waals surface area contributed by atoms with E-state index in [1.807, 2.05) is 18.2 Å². The van der Waals surface area contributed by atoms with Crippen LogP contribution in [0.3, 0.4) is 0 Å². The van der Waals surface area contributed by atoms with Gasteiger partial charge in [-0.1, -0.05) is 42.3 Å². The second-order valence-corrected chi connectivity index (χ2v) is 3.76. The maximum absolute atomic E-state index is 5.92. The lowest BCUT2D eigenvalue weighted by Crippen LogP contribution is -1.95. The molecule has 1 aromatic carbocycles. The Morgan fingerprint density at radius 2 is 2.07 bits per heavy atom. The summed E-state index contributed by atoms with van der Waals surface area (Å²) in [5.41, 5.74) is 7.77. The number of hydrogen-bond acceptors (Lipinski definition) is 1. The molecule has 0 radical (unpaired) electrons. The predicted octanol–water partition coefficient (Wildman–Crippen LogP) is 3.75. The molecule has 0 aliphatic heterocycles. The van der Waals surface area contributed by atoms with Gasteiger partial charge in [0, 0.05) is 6.54 Å². The zero-order chi connectivity index (χ0) is 10.6. The number of halogens is 2. The lowest BCUT2D eigenvalue weighted by molar-refractivity contribution is 1.19. The van der Waals surface area contributed by atoms with Crippen molar-refractivity contribution in [3.8, 4) is 0 Å². The molecule has 1 nitrogen and oxygen atoms in total. The number of hydrogen-bond donors (Lipinski definition) is 1. The van der Waals surface area contributed by atoms with Gasteiger partial charge in [0.2, 0.25) is 0 Å². The fourth-order valence-corrected chi connectivity index (χ4v) is 1.60. The Balaban J connectivity index is 3.06. The summed E-state index contributed by atoms with van der Waals surface area (Å²) in [5.74, 6) is 0. The summed E-state index contributed by atoms with van der Waals surface area (Å²) in [6.45, 7) is 2.63. The van der Waals surface area contributed by atoms with Crippen molar-refractivity contribution >= 4 is 28.8 Å². The summed E-state index contributed by atoms with van der Waals surface area (Å²) in [5, 5.41) is 1.17. The van der Waals surface area contributed by atoms with Crippen LogP contribution in [-0.4, -0.2) is 6.54 Å². The third-order valence-corrected chi connectivity index (χ3v) is 2.77. The highest BCUT2D eigenvalue weighted by Gasteiger charge is 2.02. The zero-order valence-corrected chi connectivity index (χ0v) is 9.57. The summed E-state index contributed by atoms with van der Waals surface area (Å²) >= 11 is 11.8. The maximum atomic E-state index is 5.92. The number of benzene rings is 1. The van der Waals surface area contributed by atoms with Gasteiger partial charge in [0.1, 0.15) is 0 Å². The van der Waals surface area contributed by atoms with Crippen LogP contribution in [0.4, 0.5) is 0 Å². The smallest absolute Gasteiger partial charge is 0.0598 e. The van der Waals surface area contributed by atoms with Gasteiger partial charge < -0.3 is 5.73 Å². The SMILES string of the molecule is CC/C(=C/CN)c1ccc(Cl)c(Cl)c1. The van der Waals surface area contributed by atoms with Crippen LogP contribution in [-0.2, 0) is 0 Å². The van der Waals surface area contributed by atoms with Gasteiger partial charge in [-0.2, -0.15) is 0 Å². The van der Waals surface area contributed by atoms with E-state index < -0.39 is 0 Å². The topological polar surface area (TPSA) is 26.0 Å². The lowest BCUT2D eigenvalue weighted by Gasteiger charge is -2.06. The summed E-state index contributed by atoms with van der Waals surface area (Å²) in [6, 6.07) is 5.63. The molecule has 0 unspecified atom stereocenters. The van der Waals surface area contributed by atoms with Gasteiger partial charge in [-0.25, -0.2) is 0 Å². The van der Waals surface area contributed by atoms with Crippen LogP contribution in [0.1, 0.15) is 18.9 Å². The molecule has 0 amide bonds. The third-order valence-electron chi connectivity index (χ3n) is 2.04. The molecule has 0 atom stereocenters. The highest BCUT2D eigenvalue weighted by molar-refractivity contribution is 6.42. The lowest BCUT2D eigenvalue weighted by atomic mass is 10.0. The fourth-order valence-electron chi connectivity index (χ4n) is 1.30. The Morgan fingerprint density at radius 3 is 2.57 bits per heavy atom. The van der Waals surface area contributed by atoms with E-state index in [-0.39, 0.29) is 0 Å². The highest BCUT2D eigenvalue weighted by atomic mass is 35.5. The van der Waals surface area contributed by atoms with Crippen LogP contribution < -0.4 is 5.73 Å². The molecule has 1 aromatic rings. The average Bonchev–Trinajstić information content (AvgIpc) is 2.19. The number of nitrogens with two attached hydrogens (primary N) is 1. The minimum atomic E-state index is 0.545. The molecule has 14 heavy (non-hydrogen) atoms. The first-order valence-electron chi connectivity index (χ1n) is 4.53. The Labute approximate surface area is 94.5 Å². The van der Waals surface area contributed by atoms with Crippen molar-refractivity contribution in [2.45, 2.75) is 13.3 Å². The van der Waals surface area contributed by atoms with Crippen molar-refractivity contribution in [3.05, 3.63) is 39.9 Å². The van der Waals surface area contributed by atoms with Gasteiger partial charge in [0.25, 0.3) is 0 Å². The average molecular weight is 230 g/mol. The zero-order valence-electron chi connectivity index (χ0n) is 8.06. The summed E-state index contributed by atoms with van der Waals surface area (Å²) < 4.78 is 0. The molecule has 76 valence electrons. The fraction of sp³-hybridized carbons (Fsp3) is 0.273. The Morgan fingerprint density at radius 1 is 1.36 bits per heavy atom. The van der Waals surface area contributed by atoms with Crippen LogP contribution in [0, 0.1) is 0 Å². The van der Waals surface area contributed by atoms with E-state index in [1.165, 1.54) is 5.57 Å².